The van der Waals surface area contributed by atoms with Gasteiger partial charge in [-0.2, -0.15) is 0 Å². The summed E-state index contributed by atoms with van der Waals surface area (Å²) >= 11 is 0. The molecular weight excluding hydrogens is 308 g/mol. The van der Waals surface area contributed by atoms with Gasteiger partial charge in [0.05, 0.1) is 0 Å². The number of hydrogen-bond donors (Lipinski definition) is 4. The molecule has 0 spiro atoms. The van der Waals surface area contributed by atoms with Gasteiger partial charge in [-0.1, -0.05) is 38.5 Å². The second-order valence-electron chi connectivity index (χ2n) is 6.23. The average Bonchev–Trinajstić information content (AvgIpc) is 3.05. The van der Waals surface area contributed by atoms with E-state index in [2.05, 4.69) is 0 Å². The van der Waals surface area contributed by atoms with Crippen LogP contribution in [-0.4, -0.2) is 29.6 Å². The second-order valence-corrected chi connectivity index (χ2v) is 6.23. The van der Waals surface area contributed by atoms with Crippen LogP contribution in [0.4, 0.5) is 0 Å². The van der Waals surface area contributed by atoms with Gasteiger partial charge in [0.15, 0.2) is 23.5 Å². The normalized spacial score (nSPS) is 11.2. The van der Waals surface area contributed by atoms with Crippen LogP contribution >= 0.6 is 0 Å². The molecule has 2 rings (SSSR count). The van der Waals surface area contributed by atoms with E-state index in [0.717, 1.165) is 38.5 Å². The first-order valence-electron chi connectivity index (χ1n) is 8.74. The third-order valence-corrected chi connectivity index (χ3v) is 4.38. The van der Waals surface area contributed by atoms with Gasteiger partial charge in [0.1, 0.15) is 0 Å². The highest BCUT2D eigenvalue weighted by molar-refractivity contribution is 5.24. The summed E-state index contributed by atoms with van der Waals surface area (Å²) in [4.78, 5) is 0. The van der Waals surface area contributed by atoms with Crippen LogP contribution in [0.2, 0.25) is 0 Å². The molecule has 0 aliphatic rings. The fourth-order valence-electron chi connectivity index (χ4n) is 2.95. The zero-order chi connectivity index (χ0) is 17.4. The van der Waals surface area contributed by atoms with Crippen LogP contribution in [0.5, 0.6) is 23.5 Å². The quantitative estimate of drug-likeness (QED) is 0.468. The van der Waals surface area contributed by atoms with Crippen molar-refractivity contribution in [1.29, 1.82) is 0 Å². The van der Waals surface area contributed by atoms with Crippen LogP contribution in [0.1, 0.15) is 51.4 Å². The lowest BCUT2D eigenvalue weighted by Crippen LogP contribution is -1.97. The van der Waals surface area contributed by atoms with Gasteiger partial charge >= 0.3 is 0 Å². The van der Waals surface area contributed by atoms with E-state index in [-0.39, 0.29) is 23.5 Å². The van der Waals surface area contributed by atoms with Crippen molar-refractivity contribution in [1.82, 2.24) is 9.13 Å². The van der Waals surface area contributed by atoms with Crippen molar-refractivity contribution < 1.29 is 20.4 Å². The third kappa shape index (κ3) is 5.15. The topological polar surface area (TPSA) is 90.8 Å². The molecule has 0 bridgehead atoms. The molecule has 0 saturated heterocycles. The molecule has 0 aliphatic heterocycles. The lowest BCUT2D eigenvalue weighted by Gasteiger charge is -2.07. The van der Waals surface area contributed by atoms with Crippen LogP contribution in [0.15, 0.2) is 24.3 Å². The van der Waals surface area contributed by atoms with Crippen LogP contribution in [0.3, 0.4) is 0 Å². The molecule has 0 radical (unpaired) electrons. The molecular formula is C18H28N2O4. The Hall–Kier alpha value is -2.24. The molecule has 6 nitrogen and oxygen atoms in total. The Morgan fingerprint density at radius 3 is 1.00 bits per heavy atom. The molecule has 24 heavy (non-hydrogen) atoms. The van der Waals surface area contributed by atoms with Gasteiger partial charge in [-0.05, 0) is 12.8 Å². The third-order valence-electron chi connectivity index (χ3n) is 4.38. The minimum Gasteiger partial charge on any atom is -0.494 e. The molecule has 0 aliphatic carbocycles. The van der Waals surface area contributed by atoms with E-state index in [9.17, 15) is 20.4 Å². The van der Waals surface area contributed by atoms with E-state index in [4.69, 9.17) is 0 Å². The van der Waals surface area contributed by atoms with E-state index in [1.807, 2.05) is 0 Å². The highest BCUT2D eigenvalue weighted by Gasteiger charge is 2.05. The van der Waals surface area contributed by atoms with Crippen LogP contribution in [-0.2, 0) is 13.1 Å². The first kappa shape index (κ1) is 18.1. The van der Waals surface area contributed by atoms with Crippen molar-refractivity contribution in [3.63, 3.8) is 0 Å². The highest BCUT2D eigenvalue weighted by atomic mass is 16.3. The maximum atomic E-state index is 9.53. The molecule has 2 aromatic rings. The highest BCUT2D eigenvalue weighted by Crippen LogP contribution is 2.23. The van der Waals surface area contributed by atoms with Crippen molar-refractivity contribution in [2.45, 2.75) is 64.5 Å². The van der Waals surface area contributed by atoms with Crippen molar-refractivity contribution in [3.05, 3.63) is 24.3 Å². The smallest absolute Gasteiger partial charge is 0.193 e. The zero-order valence-corrected chi connectivity index (χ0v) is 14.1. The second kappa shape index (κ2) is 9.15. The van der Waals surface area contributed by atoms with Gasteiger partial charge in [0, 0.05) is 37.4 Å². The molecule has 4 N–H and O–H groups in total. The maximum Gasteiger partial charge on any atom is 0.193 e. The summed E-state index contributed by atoms with van der Waals surface area (Å²) in [5.74, 6) is 0.471. The minimum absolute atomic E-state index is 0.118. The Morgan fingerprint density at radius 2 is 0.708 bits per heavy atom. The Bertz CT molecular complexity index is 525. The Morgan fingerprint density at radius 1 is 0.458 bits per heavy atom. The first-order valence-corrected chi connectivity index (χ1v) is 8.74. The van der Waals surface area contributed by atoms with Gasteiger partial charge in [-0.15, -0.1) is 0 Å². The summed E-state index contributed by atoms with van der Waals surface area (Å²) in [7, 11) is 0. The molecule has 0 amide bonds. The molecule has 0 fully saturated rings. The average molecular weight is 336 g/mol. The van der Waals surface area contributed by atoms with Gasteiger partial charge in [-0.25, -0.2) is 0 Å². The summed E-state index contributed by atoms with van der Waals surface area (Å²) in [5, 5.41) is 38.1. The molecule has 0 saturated carbocycles. The molecule has 6 heteroatoms. The van der Waals surface area contributed by atoms with Crippen molar-refractivity contribution in [2.24, 2.45) is 0 Å². The lowest BCUT2D eigenvalue weighted by molar-refractivity contribution is 0.359. The maximum absolute atomic E-state index is 9.53. The van der Waals surface area contributed by atoms with Gasteiger partial charge in [0.25, 0.3) is 0 Å². The van der Waals surface area contributed by atoms with Crippen LogP contribution in [0.25, 0.3) is 0 Å². The number of aromatic nitrogens is 2. The largest absolute Gasteiger partial charge is 0.494 e. The standard InChI is InChI=1S/C18H28N2O4/c21-15-9-10-16(22)19(15)13-7-5-3-1-2-4-6-8-14-20-17(23)11-12-18(20)24/h9-12,21-24H,1-8,13-14H2. The SMILES string of the molecule is Oc1ccc(O)n1CCCCCCCCCCn1c(O)ccc1O. The Kier molecular flexibility index (Phi) is 6.90. The number of unbranched alkanes of at least 4 members (excludes halogenated alkanes) is 7. The molecule has 2 heterocycles. The summed E-state index contributed by atoms with van der Waals surface area (Å²) < 4.78 is 3.04. The van der Waals surface area contributed by atoms with Crippen molar-refractivity contribution in [2.75, 3.05) is 0 Å². The van der Waals surface area contributed by atoms with Crippen LogP contribution in [0, 0.1) is 0 Å². The predicted molar refractivity (Wildman–Crippen MR) is 92.5 cm³/mol. The Labute approximate surface area is 142 Å². The van der Waals surface area contributed by atoms with Crippen molar-refractivity contribution >= 4 is 0 Å². The summed E-state index contributed by atoms with van der Waals surface area (Å²) in [6, 6.07) is 6.01. The van der Waals surface area contributed by atoms with E-state index in [1.54, 1.807) is 0 Å². The molecule has 0 unspecified atom stereocenters. The number of rotatable bonds is 11. The summed E-state index contributed by atoms with van der Waals surface area (Å²) in [5.41, 5.74) is 0. The molecule has 134 valence electrons. The monoisotopic (exact) mass is 336 g/mol. The van der Waals surface area contributed by atoms with Gasteiger partial charge in [0.2, 0.25) is 0 Å². The fourth-order valence-corrected chi connectivity index (χ4v) is 2.95. The van der Waals surface area contributed by atoms with Gasteiger partial charge < -0.3 is 20.4 Å². The van der Waals surface area contributed by atoms with E-state index in [0.29, 0.717) is 13.1 Å². The minimum atomic E-state index is 0.118. The van der Waals surface area contributed by atoms with E-state index >= 15 is 0 Å². The Balaban J connectivity index is 1.45. The van der Waals surface area contributed by atoms with Crippen molar-refractivity contribution in [3.8, 4) is 23.5 Å². The molecule has 0 atom stereocenters. The predicted octanol–water partition coefficient (Wildman–Crippen LogP) is 3.93. The zero-order valence-electron chi connectivity index (χ0n) is 14.1. The number of nitrogens with zero attached hydrogens (tertiary/aromatic N) is 2. The molecule has 2 aromatic heterocycles. The fraction of sp³-hybridized carbons (Fsp3) is 0.556. The van der Waals surface area contributed by atoms with E-state index < -0.39 is 0 Å². The lowest BCUT2D eigenvalue weighted by atomic mass is 10.1. The van der Waals surface area contributed by atoms with Gasteiger partial charge in [-0.3, -0.25) is 9.13 Å². The number of hydrogen-bond acceptors (Lipinski definition) is 4. The summed E-state index contributed by atoms with van der Waals surface area (Å²) in [6.45, 7) is 1.29. The van der Waals surface area contributed by atoms with Crippen LogP contribution < -0.4 is 0 Å². The molecule has 0 aromatic carbocycles. The number of aromatic hydroxyl groups is 4. The van der Waals surface area contributed by atoms with E-state index in [1.165, 1.54) is 46.2 Å². The first-order chi connectivity index (χ1) is 11.6. The summed E-state index contributed by atoms with van der Waals surface area (Å²) in [6.07, 6.45) is 8.74.